The van der Waals surface area contributed by atoms with Crippen molar-refractivity contribution in [3.05, 3.63) is 93.8 Å². The summed E-state index contributed by atoms with van der Waals surface area (Å²) in [5.41, 5.74) is 4.05. The van der Waals surface area contributed by atoms with Crippen LogP contribution in [-0.4, -0.2) is 22.7 Å². The molecule has 2 aromatic carbocycles. The first-order valence-corrected chi connectivity index (χ1v) is 11.9. The Labute approximate surface area is 197 Å². The van der Waals surface area contributed by atoms with Gasteiger partial charge in [0.15, 0.2) is 0 Å². The number of nitrogens with zero attached hydrogens (tertiary/aromatic N) is 1. The molecule has 1 atom stereocenters. The Balaban J connectivity index is 1.36. The average molecular weight is 462 g/mol. The van der Waals surface area contributed by atoms with Crippen molar-refractivity contribution in [2.75, 3.05) is 6.61 Å². The molecule has 2 heterocycles. The Morgan fingerprint density at radius 1 is 1.09 bits per heavy atom. The standard InChI is InChI=1S/C27H27NO4S/c1-19-15-24(33-18-19)6-4-8-26(32-17-27(29)30)21-10-13-23(14-11-21)31-16-22-12-9-20-5-2-3-7-25(20)28-22/h2-3,5,7,9-15,18,26H,4,6,8,16-17H2,1H3,(H,29,30). The lowest BCUT2D eigenvalue weighted by Crippen LogP contribution is -2.12. The first kappa shape index (κ1) is 23.0. The Morgan fingerprint density at radius 2 is 1.91 bits per heavy atom. The molecule has 0 radical (unpaired) electrons. The van der Waals surface area contributed by atoms with Crippen LogP contribution in [0.15, 0.2) is 72.1 Å². The zero-order chi connectivity index (χ0) is 23.0. The largest absolute Gasteiger partial charge is 0.487 e. The molecule has 2 aromatic heterocycles. The SMILES string of the molecule is Cc1csc(CCCC(OCC(=O)O)c2ccc(OCc3ccc4ccccc4n3)cc2)c1. The van der Waals surface area contributed by atoms with E-state index in [1.54, 1.807) is 11.3 Å². The second-order valence-electron chi connectivity index (χ2n) is 8.03. The van der Waals surface area contributed by atoms with Crippen molar-refractivity contribution in [1.29, 1.82) is 0 Å². The number of carboxylic acids is 1. The fourth-order valence-electron chi connectivity index (χ4n) is 3.73. The molecule has 0 aliphatic heterocycles. The van der Waals surface area contributed by atoms with Gasteiger partial charge >= 0.3 is 5.97 Å². The molecule has 0 bridgehead atoms. The third-order valence-corrected chi connectivity index (χ3v) is 6.49. The van der Waals surface area contributed by atoms with Gasteiger partial charge in [-0.2, -0.15) is 0 Å². The van der Waals surface area contributed by atoms with Crippen molar-refractivity contribution < 1.29 is 19.4 Å². The summed E-state index contributed by atoms with van der Waals surface area (Å²) in [5.74, 6) is -0.225. The smallest absolute Gasteiger partial charge is 0.329 e. The van der Waals surface area contributed by atoms with E-state index in [0.29, 0.717) is 6.61 Å². The summed E-state index contributed by atoms with van der Waals surface area (Å²) in [4.78, 5) is 17.0. The molecular weight excluding hydrogens is 434 g/mol. The minimum Gasteiger partial charge on any atom is -0.487 e. The second kappa shape index (κ2) is 11.1. The van der Waals surface area contributed by atoms with E-state index in [2.05, 4.69) is 23.4 Å². The van der Waals surface area contributed by atoms with E-state index >= 15 is 0 Å². The summed E-state index contributed by atoms with van der Waals surface area (Å²) < 4.78 is 11.6. The predicted molar refractivity (Wildman–Crippen MR) is 131 cm³/mol. The average Bonchev–Trinajstić information content (AvgIpc) is 3.25. The van der Waals surface area contributed by atoms with Crippen LogP contribution in [-0.2, 0) is 22.6 Å². The number of fused-ring (bicyclic) bond motifs is 1. The molecular formula is C27H27NO4S. The van der Waals surface area contributed by atoms with Gasteiger partial charge in [0.25, 0.3) is 0 Å². The molecule has 170 valence electrons. The van der Waals surface area contributed by atoms with Gasteiger partial charge in [0.05, 0.1) is 17.3 Å². The maximum atomic E-state index is 11.0. The van der Waals surface area contributed by atoms with E-state index in [1.807, 2.05) is 60.7 Å². The highest BCUT2D eigenvalue weighted by atomic mass is 32.1. The Kier molecular flexibility index (Phi) is 7.70. The Hall–Kier alpha value is -3.22. The van der Waals surface area contributed by atoms with Gasteiger partial charge in [-0.1, -0.05) is 36.4 Å². The molecule has 33 heavy (non-hydrogen) atoms. The molecule has 1 unspecified atom stereocenters. The van der Waals surface area contributed by atoms with Gasteiger partial charge < -0.3 is 14.6 Å². The Morgan fingerprint density at radius 3 is 2.67 bits per heavy atom. The van der Waals surface area contributed by atoms with Crippen LogP contribution in [0.2, 0.25) is 0 Å². The summed E-state index contributed by atoms with van der Waals surface area (Å²) in [6, 6.07) is 21.9. The minimum absolute atomic E-state index is 0.265. The summed E-state index contributed by atoms with van der Waals surface area (Å²) >= 11 is 1.76. The first-order chi connectivity index (χ1) is 16.1. The molecule has 5 nitrogen and oxygen atoms in total. The number of rotatable bonds is 11. The number of thiophene rings is 1. The van der Waals surface area contributed by atoms with Crippen LogP contribution in [0.3, 0.4) is 0 Å². The molecule has 4 rings (SSSR count). The van der Waals surface area contributed by atoms with Gasteiger partial charge in [0, 0.05) is 10.3 Å². The fraction of sp³-hybridized carbons (Fsp3) is 0.259. The number of hydrogen-bond donors (Lipinski definition) is 1. The molecule has 4 aromatic rings. The van der Waals surface area contributed by atoms with Gasteiger partial charge in [-0.3, -0.25) is 0 Å². The fourth-order valence-corrected chi connectivity index (χ4v) is 4.65. The van der Waals surface area contributed by atoms with Crippen LogP contribution in [0.25, 0.3) is 10.9 Å². The van der Waals surface area contributed by atoms with Gasteiger partial charge in [-0.05, 0) is 73.0 Å². The second-order valence-corrected chi connectivity index (χ2v) is 9.02. The molecule has 0 aliphatic carbocycles. The number of aromatic nitrogens is 1. The first-order valence-electron chi connectivity index (χ1n) is 11.0. The number of ether oxygens (including phenoxy) is 2. The number of aliphatic carboxylic acids is 1. The molecule has 0 amide bonds. The summed E-state index contributed by atoms with van der Waals surface area (Å²) in [6.45, 7) is 2.16. The lowest BCUT2D eigenvalue weighted by atomic mass is 10.0. The van der Waals surface area contributed by atoms with Crippen LogP contribution in [0, 0.1) is 6.92 Å². The molecule has 0 fully saturated rings. The van der Waals surface area contributed by atoms with E-state index in [0.717, 1.165) is 47.2 Å². The summed E-state index contributed by atoms with van der Waals surface area (Å²) in [5, 5.41) is 12.3. The molecule has 0 aliphatic rings. The van der Waals surface area contributed by atoms with Gasteiger partial charge in [-0.25, -0.2) is 9.78 Å². The van der Waals surface area contributed by atoms with Crippen LogP contribution >= 0.6 is 11.3 Å². The molecule has 6 heteroatoms. The van der Waals surface area contributed by atoms with E-state index in [-0.39, 0.29) is 12.7 Å². The van der Waals surface area contributed by atoms with Gasteiger partial charge in [0.1, 0.15) is 19.0 Å². The number of hydrogen-bond acceptors (Lipinski definition) is 5. The highest BCUT2D eigenvalue weighted by Crippen LogP contribution is 2.27. The van der Waals surface area contributed by atoms with Gasteiger partial charge in [0.2, 0.25) is 0 Å². The zero-order valence-corrected chi connectivity index (χ0v) is 19.4. The predicted octanol–water partition coefficient (Wildman–Crippen LogP) is 6.35. The quantitative estimate of drug-likeness (QED) is 0.282. The number of aryl methyl sites for hydroxylation is 2. The van der Waals surface area contributed by atoms with Crippen molar-refractivity contribution in [2.45, 2.75) is 38.9 Å². The lowest BCUT2D eigenvalue weighted by molar-refractivity contribution is -0.144. The molecule has 0 saturated carbocycles. The van der Waals surface area contributed by atoms with Crippen molar-refractivity contribution in [3.63, 3.8) is 0 Å². The normalized spacial score (nSPS) is 12.0. The number of para-hydroxylation sites is 1. The maximum absolute atomic E-state index is 11.0. The lowest BCUT2D eigenvalue weighted by Gasteiger charge is -2.18. The highest BCUT2D eigenvalue weighted by molar-refractivity contribution is 7.10. The highest BCUT2D eigenvalue weighted by Gasteiger charge is 2.14. The number of carbonyl (C=O) groups is 1. The van der Waals surface area contributed by atoms with Crippen molar-refractivity contribution in [3.8, 4) is 5.75 Å². The number of carboxylic acid groups (broad SMARTS) is 1. The third kappa shape index (κ3) is 6.63. The van der Waals surface area contributed by atoms with E-state index in [4.69, 9.17) is 14.6 Å². The topological polar surface area (TPSA) is 68.7 Å². The third-order valence-electron chi connectivity index (χ3n) is 5.38. The molecule has 0 spiro atoms. The zero-order valence-electron chi connectivity index (χ0n) is 18.6. The van der Waals surface area contributed by atoms with Crippen molar-refractivity contribution in [1.82, 2.24) is 4.98 Å². The van der Waals surface area contributed by atoms with Crippen LogP contribution in [0.1, 0.15) is 40.6 Å². The van der Waals surface area contributed by atoms with Crippen LogP contribution < -0.4 is 4.74 Å². The van der Waals surface area contributed by atoms with E-state index in [9.17, 15) is 4.79 Å². The minimum atomic E-state index is -0.961. The molecule has 0 saturated heterocycles. The van der Waals surface area contributed by atoms with Crippen LogP contribution in [0.5, 0.6) is 5.75 Å². The Bertz CT molecular complexity index is 1200. The summed E-state index contributed by atoms with van der Waals surface area (Å²) in [7, 11) is 0. The van der Waals surface area contributed by atoms with Crippen molar-refractivity contribution in [2.24, 2.45) is 0 Å². The summed E-state index contributed by atoms with van der Waals surface area (Å²) in [6.07, 6.45) is 2.38. The van der Waals surface area contributed by atoms with Crippen LogP contribution in [0.4, 0.5) is 0 Å². The van der Waals surface area contributed by atoms with E-state index < -0.39 is 5.97 Å². The maximum Gasteiger partial charge on any atom is 0.329 e. The number of pyridine rings is 1. The van der Waals surface area contributed by atoms with E-state index in [1.165, 1.54) is 10.4 Å². The number of benzene rings is 2. The monoisotopic (exact) mass is 461 g/mol. The molecule has 1 N–H and O–H groups in total. The van der Waals surface area contributed by atoms with Gasteiger partial charge in [-0.15, -0.1) is 11.3 Å². The van der Waals surface area contributed by atoms with Crippen molar-refractivity contribution >= 4 is 28.2 Å².